The molecule has 0 saturated heterocycles. The molecule has 0 spiro atoms. The van der Waals surface area contributed by atoms with Gasteiger partial charge < -0.3 is 10.4 Å². The fourth-order valence-electron chi connectivity index (χ4n) is 2.33. The molecule has 8 heteroatoms. The van der Waals surface area contributed by atoms with Gasteiger partial charge in [0.15, 0.2) is 5.69 Å². The van der Waals surface area contributed by atoms with Crippen molar-refractivity contribution < 1.29 is 9.90 Å². The largest absolute Gasteiger partial charge is 0.386 e. The van der Waals surface area contributed by atoms with E-state index < -0.39 is 6.10 Å². The lowest BCUT2D eigenvalue weighted by atomic mass is 10.2. The molecule has 24 heavy (non-hydrogen) atoms. The van der Waals surface area contributed by atoms with Crippen LogP contribution in [0.3, 0.4) is 0 Å². The van der Waals surface area contributed by atoms with Gasteiger partial charge in [0.1, 0.15) is 0 Å². The molecule has 0 fully saturated rings. The van der Waals surface area contributed by atoms with E-state index >= 15 is 0 Å². The molecule has 3 aromatic heterocycles. The first-order valence-electron chi connectivity index (χ1n) is 7.62. The van der Waals surface area contributed by atoms with Gasteiger partial charge in [0.05, 0.1) is 24.9 Å². The van der Waals surface area contributed by atoms with Gasteiger partial charge in [-0.1, -0.05) is 18.2 Å². The standard InChI is InChI=1S/C16H18N4O2S2/c1-2-12(15-4-3-6-24-15)17-16(22)13-8-20(19-18-13)9-14(21)11-5-7-23-10-11/h3-8,10,12,14,21H,2,9H2,1H3,(H,17,22)/t12-,14-/m1/s1. The van der Waals surface area contributed by atoms with Gasteiger partial charge in [-0.3, -0.25) is 4.79 Å². The zero-order chi connectivity index (χ0) is 16.9. The molecule has 0 aromatic carbocycles. The second-order valence-corrected chi connectivity index (χ2v) is 7.11. The maximum Gasteiger partial charge on any atom is 0.273 e. The first kappa shape index (κ1) is 16.8. The van der Waals surface area contributed by atoms with Gasteiger partial charge in [0.2, 0.25) is 0 Å². The monoisotopic (exact) mass is 362 g/mol. The summed E-state index contributed by atoms with van der Waals surface area (Å²) in [7, 11) is 0. The highest BCUT2D eigenvalue weighted by Gasteiger charge is 2.18. The summed E-state index contributed by atoms with van der Waals surface area (Å²) in [5.74, 6) is -0.258. The average Bonchev–Trinajstić information content (AvgIpc) is 3.33. The van der Waals surface area contributed by atoms with Crippen LogP contribution in [0.5, 0.6) is 0 Å². The van der Waals surface area contributed by atoms with Gasteiger partial charge in [-0.15, -0.1) is 16.4 Å². The summed E-state index contributed by atoms with van der Waals surface area (Å²) in [5.41, 5.74) is 1.09. The Kier molecular flexibility index (Phi) is 5.39. The molecule has 3 heterocycles. The van der Waals surface area contributed by atoms with Crippen molar-refractivity contribution in [2.45, 2.75) is 32.0 Å². The molecule has 2 atom stereocenters. The molecule has 0 saturated carbocycles. The quantitative estimate of drug-likeness (QED) is 0.677. The van der Waals surface area contributed by atoms with Gasteiger partial charge in [-0.25, -0.2) is 4.68 Å². The number of thiophene rings is 2. The first-order chi connectivity index (χ1) is 11.7. The third-order valence-electron chi connectivity index (χ3n) is 3.66. The van der Waals surface area contributed by atoms with Crippen LogP contribution in [0, 0.1) is 0 Å². The average molecular weight is 362 g/mol. The van der Waals surface area contributed by atoms with Crippen LogP contribution in [-0.4, -0.2) is 26.0 Å². The van der Waals surface area contributed by atoms with Crippen LogP contribution in [0.25, 0.3) is 0 Å². The number of carbonyl (C=O) groups excluding carboxylic acids is 1. The van der Waals surface area contributed by atoms with Gasteiger partial charge in [-0.2, -0.15) is 11.3 Å². The molecule has 3 aromatic rings. The van der Waals surface area contributed by atoms with E-state index in [-0.39, 0.29) is 24.2 Å². The molecule has 2 N–H and O–H groups in total. The SMILES string of the molecule is CC[C@@H](NC(=O)c1cn(C[C@@H](O)c2ccsc2)nn1)c1cccs1. The van der Waals surface area contributed by atoms with E-state index in [9.17, 15) is 9.90 Å². The van der Waals surface area contributed by atoms with Crippen LogP contribution in [0.4, 0.5) is 0 Å². The van der Waals surface area contributed by atoms with Crippen molar-refractivity contribution in [3.63, 3.8) is 0 Å². The number of hydrogen-bond donors (Lipinski definition) is 2. The minimum absolute atomic E-state index is 0.0287. The lowest BCUT2D eigenvalue weighted by Gasteiger charge is -2.14. The van der Waals surface area contributed by atoms with E-state index in [0.717, 1.165) is 16.9 Å². The lowest BCUT2D eigenvalue weighted by molar-refractivity contribution is 0.0931. The summed E-state index contributed by atoms with van der Waals surface area (Å²) >= 11 is 3.14. The Morgan fingerprint density at radius 1 is 1.42 bits per heavy atom. The van der Waals surface area contributed by atoms with Gasteiger partial charge >= 0.3 is 0 Å². The number of carbonyl (C=O) groups is 1. The molecule has 3 rings (SSSR count). The zero-order valence-electron chi connectivity index (χ0n) is 13.1. The highest BCUT2D eigenvalue weighted by molar-refractivity contribution is 7.10. The minimum atomic E-state index is -0.664. The number of rotatable bonds is 7. The summed E-state index contributed by atoms with van der Waals surface area (Å²) < 4.78 is 1.49. The second kappa shape index (κ2) is 7.69. The zero-order valence-corrected chi connectivity index (χ0v) is 14.8. The summed E-state index contributed by atoms with van der Waals surface area (Å²) in [6.45, 7) is 2.29. The molecule has 0 aliphatic rings. The van der Waals surface area contributed by atoms with E-state index in [1.165, 1.54) is 16.0 Å². The first-order valence-corrected chi connectivity index (χ1v) is 9.44. The second-order valence-electron chi connectivity index (χ2n) is 5.35. The third kappa shape index (κ3) is 3.89. The fourth-order valence-corrected chi connectivity index (χ4v) is 3.90. The van der Waals surface area contributed by atoms with Crippen molar-refractivity contribution in [3.05, 3.63) is 56.7 Å². The number of hydrogen-bond acceptors (Lipinski definition) is 6. The molecular formula is C16H18N4O2S2. The molecule has 0 radical (unpaired) electrons. The number of aromatic nitrogens is 3. The number of aliphatic hydroxyl groups is 1. The van der Waals surface area contributed by atoms with Gasteiger partial charge in [0.25, 0.3) is 5.91 Å². The predicted molar refractivity (Wildman–Crippen MR) is 94.1 cm³/mol. The van der Waals surface area contributed by atoms with E-state index in [4.69, 9.17) is 0 Å². The van der Waals surface area contributed by atoms with Crippen molar-refractivity contribution in [2.75, 3.05) is 0 Å². The Morgan fingerprint density at radius 2 is 2.29 bits per heavy atom. The number of aliphatic hydroxyl groups excluding tert-OH is 1. The molecule has 0 aliphatic heterocycles. The molecule has 0 aliphatic carbocycles. The molecule has 6 nitrogen and oxygen atoms in total. The summed E-state index contributed by atoms with van der Waals surface area (Å²) in [4.78, 5) is 13.5. The van der Waals surface area contributed by atoms with Gasteiger partial charge in [-0.05, 0) is 40.3 Å². The third-order valence-corrected chi connectivity index (χ3v) is 5.35. The fraction of sp³-hybridized carbons (Fsp3) is 0.312. The highest BCUT2D eigenvalue weighted by atomic mass is 32.1. The summed E-state index contributed by atoms with van der Waals surface area (Å²) in [6.07, 6.45) is 1.70. The maximum absolute atomic E-state index is 12.4. The smallest absolute Gasteiger partial charge is 0.273 e. The van der Waals surface area contributed by atoms with E-state index in [0.29, 0.717) is 0 Å². The Balaban J connectivity index is 1.63. The number of nitrogens with one attached hydrogen (secondary N) is 1. The van der Waals surface area contributed by atoms with E-state index in [2.05, 4.69) is 15.6 Å². The van der Waals surface area contributed by atoms with Crippen LogP contribution < -0.4 is 5.32 Å². The Labute approximate surface area is 147 Å². The Bertz CT molecular complexity index is 768. The molecule has 0 unspecified atom stereocenters. The van der Waals surface area contributed by atoms with Crippen LogP contribution in [0.15, 0.2) is 40.5 Å². The molecule has 1 amide bonds. The van der Waals surface area contributed by atoms with Crippen molar-refractivity contribution in [1.29, 1.82) is 0 Å². The normalized spacial score (nSPS) is 13.6. The van der Waals surface area contributed by atoms with Gasteiger partial charge in [0, 0.05) is 4.88 Å². The highest BCUT2D eigenvalue weighted by Crippen LogP contribution is 2.22. The Hall–Kier alpha value is -2.03. The predicted octanol–water partition coefficient (Wildman–Crippen LogP) is 3.02. The number of amides is 1. The molecular weight excluding hydrogens is 344 g/mol. The Morgan fingerprint density at radius 3 is 2.96 bits per heavy atom. The van der Waals surface area contributed by atoms with Crippen molar-refractivity contribution >= 4 is 28.6 Å². The van der Waals surface area contributed by atoms with E-state index in [1.54, 1.807) is 17.5 Å². The molecule has 126 valence electrons. The topological polar surface area (TPSA) is 80.0 Å². The van der Waals surface area contributed by atoms with Crippen molar-refractivity contribution in [1.82, 2.24) is 20.3 Å². The summed E-state index contributed by atoms with van der Waals surface area (Å²) in [6, 6.07) is 5.82. The van der Waals surface area contributed by atoms with Crippen LogP contribution in [0.1, 0.15) is 46.4 Å². The van der Waals surface area contributed by atoms with Crippen molar-refractivity contribution in [2.24, 2.45) is 0 Å². The summed E-state index contributed by atoms with van der Waals surface area (Å²) in [5, 5.41) is 26.8. The maximum atomic E-state index is 12.4. The van der Waals surface area contributed by atoms with Crippen LogP contribution in [-0.2, 0) is 6.54 Å². The van der Waals surface area contributed by atoms with Crippen molar-refractivity contribution in [3.8, 4) is 0 Å². The van der Waals surface area contributed by atoms with Crippen LogP contribution in [0.2, 0.25) is 0 Å². The minimum Gasteiger partial charge on any atom is -0.386 e. The van der Waals surface area contributed by atoms with E-state index in [1.807, 2.05) is 41.3 Å². The molecule has 0 bridgehead atoms. The van der Waals surface area contributed by atoms with Crippen LogP contribution >= 0.6 is 22.7 Å². The number of nitrogens with zero attached hydrogens (tertiary/aromatic N) is 3. The lowest BCUT2D eigenvalue weighted by Crippen LogP contribution is -2.27.